The molecule has 3 heterocycles. The van der Waals surface area contributed by atoms with E-state index in [-0.39, 0.29) is 18.1 Å². The van der Waals surface area contributed by atoms with Gasteiger partial charge in [-0.3, -0.25) is 4.90 Å². The molecular formula is C33H41N2O7+. The Morgan fingerprint density at radius 3 is 2.19 bits per heavy atom. The molecule has 5 fully saturated rings. The summed E-state index contributed by atoms with van der Waals surface area (Å²) in [5.74, 6) is -0.465. The molecule has 0 radical (unpaired) electrons. The molecule has 42 heavy (non-hydrogen) atoms. The third-order valence-electron chi connectivity index (χ3n) is 10.8. The third-order valence-corrected chi connectivity index (χ3v) is 10.8. The van der Waals surface area contributed by atoms with Gasteiger partial charge in [0, 0.05) is 45.3 Å². The highest BCUT2D eigenvalue weighted by atomic mass is 16.8. The number of hydrogen-bond donors (Lipinski definition) is 0. The SMILES string of the molecule is O=C(OCCN1CCOCC1)OCOC(C(=O)OC1CC2C13CCC3[N+]21CCCC1)(c1ccccc1)c1ccccc1. The van der Waals surface area contributed by atoms with Gasteiger partial charge in [-0.25, -0.2) is 9.59 Å². The van der Waals surface area contributed by atoms with E-state index in [4.69, 9.17) is 23.7 Å². The van der Waals surface area contributed by atoms with Crippen LogP contribution in [0, 0.1) is 5.41 Å². The van der Waals surface area contributed by atoms with Crippen LogP contribution in [0.5, 0.6) is 0 Å². The molecule has 9 heteroatoms. The molecule has 0 bridgehead atoms. The molecule has 4 unspecified atom stereocenters. The van der Waals surface area contributed by atoms with Crippen LogP contribution in [0.2, 0.25) is 0 Å². The van der Waals surface area contributed by atoms with Crippen molar-refractivity contribution in [3.63, 3.8) is 0 Å². The van der Waals surface area contributed by atoms with E-state index in [1.165, 1.54) is 36.8 Å². The Bertz CT molecular complexity index is 1210. The maximum atomic E-state index is 14.4. The van der Waals surface area contributed by atoms with Crippen LogP contribution in [0.25, 0.3) is 0 Å². The number of morpholine rings is 1. The van der Waals surface area contributed by atoms with E-state index in [0.29, 0.717) is 43.0 Å². The summed E-state index contributed by atoms with van der Waals surface area (Å²) in [5, 5.41) is 0. The molecule has 224 valence electrons. The molecule has 2 saturated carbocycles. The highest BCUT2D eigenvalue weighted by Gasteiger charge is 2.86. The summed E-state index contributed by atoms with van der Waals surface area (Å²) in [6.07, 6.45) is 4.94. The van der Waals surface area contributed by atoms with Gasteiger partial charge in [0.05, 0.1) is 26.3 Å². The lowest BCUT2D eigenvalue weighted by Crippen LogP contribution is -2.94. The smallest absolute Gasteiger partial charge is 0.458 e. The van der Waals surface area contributed by atoms with Gasteiger partial charge in [-0.05, 0) is 17.5 Å². The van der Waals surface area contributed by atoms with Crippen molar-refractivity contribution in [3.8, 4) is 0 Å². The van der Waals surface area contributed by atoms with Crippen molar-refractivity contribution in [2.75, 3.05) is 59.3 Å². The second-order valence-electron chi connectivity index (χ2n) is 12.4. The molecule has 9 nitrogen and oxygen atoms in total. The number of ether oxygens (including phenoxy) is 5. The molecule has 4 atom stereocenters. The average Bonchev–Trinajstić information content (AvgIpc) is 3.48. The minimum absolute atomic E-state index is 0.112. The monoisotopic (exact) mass is 577 g/mol. The van der Waals surface area contributed by atoms with Crippen molar-refractivity contribution in [2.45, 2.75) is 55.9 Å². The van der Waals surface area contributed by atoms with Crippen molar-refractivity contribution < 1.29 is 37.8 Å². The van der Waals surface area contributed by atoms with Gasteiger partial charge in [-0.2, -0.15) is 0 Å². The standard InChI is InChI=1S/C33H41N2O7/c36-30(42-29-23-28-32(29)14-13-27(32)35(28)18-7-8-19-35)33(25-9-3-1-4-10-25,26-11-5-2-6-12-26)41-24-40-31(37)39-22-17-34-15-20-38-21-16-34/h1-6,9-12,27-29H,7-8,13-24H2/q+1. The molecule has 3 saturated heterocycles. The second kappa shape index (κ2) is 11.3. The molecule has 0 amide bonds. The van der Waals surface area contributed by atoms with Crippen LogP contribution in [-0.2, 0) is 34.1 Å². The van der Waals surface area contributed by atoms with Crippen LogP contribution in [0.4, 0.5) is 4.79 Å². The summed E-state index contributed by atoms with van der Waals surface area (Å²) >= 11 is 0. The highest BCUT2D eigenvalue weighted by Crippen LogP contribution is 2.73. The van der Waals surface area contributed by atoms with Gasteiger partial charge in [0.1, 0.15) is 30.2 Å². The van der Waals surface area contributed by atoms with Gasteiger partial charge in [0.25, 0.3) is 0 Å². The lowest BCUT2D eigenvalue weighted by Gasteiger charge is -2.80. The molecule has 0 aromatic heterocycles. The molecule has 5 aliphatic rings. The van der Waals surface area contributed by atoms with Gasteiger partial charge in [-0.15, -0.1) is 0 Å². The van der Waals surface area contributed by atoms with E-state index >= 15 is 0 Å². The van der Waals surface area contributed by atoms with Gasteiger partial charge >= 0.3 is 12.1 Å². The maximum Gasteiger partial charge on any atom is 0.510 e. The fourth-order valence-corrected chi connectivity index (χ4v) is 8.81. The first-order valence-electron chi connectivity index (χ1n) is 15.5. The summed E-state index contributed by atoms with van der Waals surface area (Å²) in [7, 11) is 0. The van der Waals surface area contributed by atoms with Crippen LogP contribution < -0.4 is 0 Å². The zero-order valence-corrected chi connectivity index (χ0v) is 24.2. The maximum absolute atomic E-state index is 14.4. The molecule has 2 spiro atoms. The Hall–Kier alpha value is -2.98. The van der Waals surface area contributed by atoms with Crippen molar-refractivity contribution in [1.82, 2.24) is 4.90 Å². The molecule has 0 N–H and O–H groups in total. The fraction of sp³-hybridized carbons (Fsp3) is 0.576. The second-order valence-corrected chi connectivity index (χ2v) is 12.4. The normalized spacial score (nSPS) is 29.3. The Morgan fingerprint density at radius 1 is 0.929 bits per heavy atom. The third kappa shape index (κ3) is 4.35. The number of quaternary nitrogens is 1. The summed E-state index contributed by atoms with van der Waals surface area (Å²) < 4.78 is 30.0. The van der Waals surface area contributed by atoms with Crippen LogP contribution in [-0.4, -0.2) is 99.0 Å². The summed E-state index contributed by atoms with van der Waals surface area (Å²) in [6.45, 7) is 5.88. The number of carbonyl (C=O) groups excluding carboxylic acids is 2. The summed E-state index contributed by atoms with van der Waals surface area (Å²) in [5.41, 5.74) is -0.220. The number of carbonyl (C=O) groups is 2. The lowest BCUT2D eigenvalue weighted by molar-refractivity contribution is -1.05. The van der Waals surface area contributed by atoms with E-state index in [1.807, 2.05) is 60.7 Å². The topological polar surface area (TPSA) is 83.5 Å². The van der Waals surface area contributed by atoms with E-state index in [1.54, 1.807) is 0 Å². The van der Waals surface area contributed by atoms with Gasteiger partial charge in [0.2, 0.25) is 5.60 Å². The van der Waals surface area contributed by atoms with Crippen LogP contribution in [0.3, 0.4) is 0 Å². The summed E-state index contributed by atoms with van der Waals surface area (Å²) in [4.78, 5) is 29.0. The van der Waals surface area contributed by atoms with E-state index < -0.39 is 24.5 Å². The number of esters is 1. The number of nitrogens with zero attached hydrogens (tertiary/aromatic N) is 2. The predicted molar refractivity (Wildman–Crippen MR) is 152 cm³/mol. The average molecular weight is 578 g/mol. The van der Waals surface area contributed by atoms with Crippen LogP contribution in [0.1, 0.15) is 43.2 Å². The zero-order chi connectivity index (χ0) is 28.6. The largest absolute Gasteiger partial charge is 0.510 e. The number of benzene rings is 2. The number of fused-ring (bicyclic) bond motifs is 2. The van der Waals surface area contributed by atoms with Gasteiger partial charge in [0.15, 0.2) is 6.79 Å². The number of hydrogen-bond acceptors (Lipinski definition) is 8. The van der Waals surface area contributed by atoms with Crippen molar-refractivity contribution in [3.05, 3.63) is 71.8 Å². The molecular weight excluding hydrogens is 536 g/mol. The van der Waals surface area contributed by atoms with Crippen molar-refractivity contribution in [1.29, 1.82) is 0 Å². The zero-order valence-electron chi connectivity index (χ0n) is 24.2. The Balaban J connectivity index is 1.07. The molecule has 3 aliphatic heterocycles. The first-order valence-corrected chi connectivity index (χ1v) is 15.5. The van der Waals surface area contributed by atoms with Gasteiger partial charge < -0.3 is 28.2 Å². The quantitative estimate of drug-likeness (QED) is 0.239. The first-order chi connectivity index (χ1) is 20.6. The van der Waals surface area contributed by atoms with Crippen LogP contribution >= 0.6 is 0 Å². The van der Waals surface area contributed by atoms with Crippen LogP contribution in [0.15, 0.2) is 60.7 Å². The van der Waals surface area contributed by atoms with Gasteiger partial charge in [-0.1, -0.05) is 60.7 Å². The lowest BCUT2D eigenvalue weighted by atomic mass is 9.39. The molecule has 2 aromatic carbocycles. The fourth-order valence-electron chi connectivity index (χ4n) is 8.81. The Labute approximate surface area is 247 Å². The van der Waals surface area contributed by atoms with E-state index in [9.17, 15) is 9.59 Å². The number of piperidine rings is 2. The van der Waals surface area contributed by atoms with E-state index in [2.05, 4.69) is 4.90 Å². The Kier molecular flexibility index (Phi) is 7.46. The minimum Gasteiger partial charge on any atom is -0.458 e. The minimum atomic E-state index is -1.60. The molecule has 2 aliphatic carbocycles. The summed E-state index contributed by atoms with van der Waals surface area (Å²) in [6, 6.07) is 20.0. The predicted octanol–water partition coefficient (Wildman–Crippen LogP) is 3.85. The molecule has 2 aromatic rings. The van der Waals surface area contributed by atoms with Crippen molar-refractivity contribution >= 4 is 12.1 Å². The van der Waals surface area contributed by atoms with Crippen molar-refractivity contribution in [2.24, 2.45) is 5.41 Å². The number of rotatable bonds is 10. The highest BCUT2D eigenvalue weighted by molar-refractivity contribution is 5.86. The first kappa shape index (κ1) is 27.8. The van der Waals surface area contributed by atoms with E-state index in [0.717, 1.165) is 25.9 Å². The molecule has 7 rings (SSSR count). The Morgan fingerprint density at radius 2 is 1.60 bits per heavy atom.